The summed E-state index contributed by atoms with van der Waals surface area (Å²) in [6.07, 6.45) is 0.00121. The molecule has 2 aromatic rings. The molecule has 6 nitrogen and oxygen atoms in total. The molecule has 1 aromatic heterocycles. The SMILES string of the molecule is NC(=O)OC(=O)c1cc(-c2cccc(Cl)c2)ncn1. The summed E-state index contributed by atoms with van der Waals surface area (Å²) in [6.45, 7) is 0. The third-order valence-electron chi connectivity index (χ3n) is 2.19. The maximum absolute atomic E-state index is 11.5. The number of hydrogen-bond acceptors (Lipinski definition) is 5. The van der Waals surface area contributed by atoms with Gasteiger partial charge in [0.15, 0.2) is 5.69 Å². The predicted octanol–water partition coefficient (Wildman–Crippen LogP) is 2.03. The van der Waals surface area contributed by atoms with Gasteiger partial charge in [-0.25, -0.2) is 19.6 Å². The van der Waals surface area contributed by atoms with Crippen LogP contribution in [0.15, 0.2) is 36.7 Å². The Hall–Kier alpha value is -2.47. The second-order valence-electron chi connectivity index (χ2n) is 3.51. The van der Waals surface area contributed by atoms with Crippen LogP contribution in [0, 0.1) is 0 Å². The lowest BCUT2D eigenvalue weighted by molar-refractivity contribution is 0.0632. The third-order valence-corrected chi connectivity index (χ3v) is 2.42. The molecule has 1 aromatic carbocycles. The second-order valence-corrected chi connectivity index (χ2v) is 3.94. The minimum absolute atomic E-state index is 0.0659. The van der Waals surface area contributed by atoms with Crippen LogP contribution in [0.1, 0.15) is 10.5 Å². The minimum atomic E-state index is -1.19. The molecule has 96 valence electrons. The number of nitrogens with two attached hydrogens (primary N) is 1. The van der Waals surface area contributed by atoms with Crippen molar-refractivity contribution in [3.63, 3.8) is 0 Å². The number of hydrogen-bond donors (Lipinski definition) is 1. The summed E-state index contributed by atoms with van der Waals surface area (Å²) in [7, 11) is 0. The van der Waals surface area contributed by atoms with E-state index in [-0.39, 0.29) is 5.69 Å². The Morgan fingerprint density at radius 1 is 1.21 bits per heavy atom. The number of benzene rings is 1. The van der Waals surface area contributed by atoms with Gasteiger partial charge in [0.05, 0.1) is 5.69 Å². The number of ether oxygens (including phenoxy) is 1. The van der Waals surface area contributed by atoms with E-state index >= 15 is 0 Å². The van der Waals surface area contributed by atoms with E-state index in [0.29, 0.717) is 16.3 Å². The highest BCUT2D eigenvalue weighted by Gasteiger charge is 2.13. The van der Waals surface area contributed by atoms with Gasteiger partial charge >= 0.3 is 12.1 Å². The molecule has 0 bridgehead atoms. The van der Waals surface area contributed by atoms with Crippen molar-refractivity contribution in [2.45, 2.75) is 0 Å². The molecule has 0 aliphatic heterocycles. The summed E-state index contributed by atoms with van der Waals surface area (Å²) in [6, 6.07) is 8.32. The van der Waals surface area contributed by atoms with Gasteiger partial charge in [-0.3, -0.25) is 0 Å². The topological polar surface area (TPSA) is 95.2 Å². The van der Waals surface area contributed by atoms with E-state index in [0.717, 1.165) is 0 Å². The fourth-order valence-electron chi connectivity index (χ4n) is 1.42. The van der Waals surface area contributed by atoms with Gasteiger partial charge in [-0.05, 0) is 18.2 Å². The first-order valence-electron chi connectivity index (χ1n) is 5.16. The van der Waals surface area contributed by atoms with Gasteiger partial charge in [-0.1, -0.05) is 23.7 Å². The van der Waals surface area contributed by atoms with E-state index in [4.69, 9.17) is 17.3 Å². The Bertz CT molecular complexity index is 646. The van der Waals surface area contributed by atoms with Crippen molar-refractivity contribution in [1.82, 2.24) is 9.97 Å². The number of esters is 1. The molecule has 0 saturated heterocycles. The molecule has 0 spiro atoms. The van der Waals surface area contributed by atoms with Gasteiger partial charge in [0, 0.05) is 10.6 Å². The molecular formula is C12H8ClN3O3. The van der Waals surface area contributed by atoms with Crippen LogP contribution in [0.5, 0.6) is 0 Å². The van der Waals surface area contributed by atoms with Crippen molar-refractivity contribution in [2.75, 3.05) is 0 Å². The number of halogens is 1. The molecule has 0 aliphatic rings. The van der Waals surface area contributed by atoms with Gasteiger partial charge < -0.3 is 10.5 Å². The summed E-state index contributed by atoms with van der Waals surface area (Å²) < 4.78 is 4.23. The molecule has 0 fully saturated rings. The van der Waals surface area contributed by atoms with Crippen LogP contribution < -0.4 is 5.73 Å². The highest BCUT2D eigenvalue weighted by Crippen LogP contribution is 2.20. The first kappa shape index (κ1) is 13.0. The van der Waals surface area contributed by atoms with E-state index in [9.17, 15) is 9.59 Å². The van der Waals surface area contributed by atoms with Crippen molar-refractivity contribution in [3.8, 4) is 11.3 Å². The van der Waals surface area contributed by atoms with Gasteiger partial charge in [0.2, 0.25) is 0 Å². The highest BCUT2D eigenvalue weighted by molar-refractivity contribution is 6.30. The number of carbonyl (C=O) groups is 2. The largest absolute Gasteiger partial charge is 0.412 e. The van der Waals surface area contributed by atoms with E-state index < -0.39 is 12.1 Å². The average molecular weight is 278 g/mol. The second kappa shape index (κ2) is 5.45. The van der Waals surface area contributed by atoms with Crippen LogP contribution in [0.3, 0.4) is 0 Å². The number of rotatable bonds is 2. The molecule has 2 rings (SSSR count). The van der Waals surface area contributed by atoms with E-state index in [1.54, 1.807) is 24.3 Å². The molecule has 1 amide bonds. The molecule has 19 heavy (non-hydrogen) atoms. The quantitative estimate of drug-likeness (QED) is 0.669. The molecule has 2 N–H and O–H groups in total. The first-order chi connectivity index (χ1) is 9.06. The summed E-state index contributed by atoms with van der Waals surface area (Å²) in [5.41, 5.74) is 5.88. The first-order valence-corrected chi connectivity index (χ1v) is 5.53. The van der Waals surface area contributed by atoms with Crippen LogP contribution >= 0.6 is 11.6 Å². The standard InChI is InChI=1S/C12H8ClN3O3/c13-8-3-1-2-7(4-8)9-5-10(16-6-15-9)11(17)19-12(14)18/h1-6H,(H2,14,18). The van der Waals surface area contributed by atoms with Crippen molar-refractivity contribution in [2.24, 2.45) is 5.73 Å². The summed E-state index contributed by atoms with van der Waals surface area (Å²) in [5, 5.41) is 0.539. The zero-order chi connectivity index (χ0) is 13.8. The predicted molar refractivity (Wildman–Crippen MR) is 67.5 cm³/mol. The molecule has 0 aliphatic carbocycles. The number of aromatic nitrogens is 2. The maximum atomic E-state index is 11.5. The van der Waals surface area contributed by atoms with Gasteiger partial charge in [-0.2, -0.15) is 0 Å². The fraction of sp³-hybridized carbons (Fsp3) is 0. The van der Waals surface area contributed by atoms with Gasteiger partial charge in [0.25, 0.3) is 0 Å². The van der Waals surface area contributed by atoms with Crippen molar-refractivity contribution in [3.05, 3.63) is 47.4 Å². The number of amides is 1. The molecular weight excluding hydrogens is 270 g/mol. The Kier molecular flexibility index (Phi) is 3.72. The minimum Gasteiger partial charge on any atom is -0.372 e. The Morgan fingerprint density at radius 2 is 2.00 bits per heavy atom. The smallest absolute Gasteiger partial charge is 0.372 e. The summed E-state index contributed by atoms with van der Waals surface area (Å²) >= 11 is 5.87. The number of carbonyl (C=O) groups excluding carboxylic acids is 2. The maximum Gasteiger partial charge on any atom is 0.412 e. The molecule has 0 atom stereocenters. The highest BCUT2D eigenvalue weighted by atomic mass is 35.5. The molecule has 0 unspecified atom stereocenters. The zero-order valence-corrected chi connectivity index (χ0v) is 10.3. The van der Waals surface area contributed by atoms with Gasteiger partial charge in [-0.15, -0.1) is 0 Å². The van der Waals surface area contributed by atoms with Crippen molar-refractivity contribution in [1.29, 1.82) is 0 Å². The number of nitrogens with zero attached hydrogens (tertiary/aromatic N) is 2. The van der Waals surface area contributed by atoms with E-state index in [2.05, 4.69) is 14.7 Å². The Balaban J connectivity index is 2.34. The fourth-order valence-corrected chi connectivity index (χ4v) is 1.61. The van der Waals surface area contributed by atoms with Crippen molar-refractivity contribution >= 4 is 23.7 Å². The van der Waals surface area contributed by atoms with Crippen LogP contribution in [0.4, 0.5) is 4.79 Å². The Morgan fingerprint density at radius 3 is 2.68 bits per heavy atom. The average Bonchev–Trinajstić information content (AvgIpc) is 2.38. The molecule has 0 radical (unpaired) electrons. The number of primary amides is 1. The van der Waals surface area contributed by atoms with E-state index in [1.165, 1.54) is 12.4 Å². The van der Waals surface area contributed by atoms with Crippen LogP contribution in [0.25, 0.3) is 11.3 Å². The molecule has 7 heteroatoms. The monoisotopic (exact) mass is 277 g/mol. The van der Waals surface area contributed by atoms with Crippen LogP contribution in [-0.2, 0) is 4.74 Å². The Labute approximate surface area is 113 Å². The normalized spacial score (nSPS) is 9.95. The lowest BCUT2D eigenvalue weighted by Crippen LogP contribution is -2.19. The van der Waals surface area contributed by atoms with Crippen molar-refractivity contribution < 1.29 is 14.3 Å². The summed E-state index contributed by atoms with van der Waals surface area (Å²) in [5.74, 6) is -0.932. The van der Waals surface area contributed by atoms with Crippen LogP contribution in [-0.4, -0.2) is 22.0 Å². The third kappa shape index (κ3) is 3.26. The van der Waals surface area contributed by atoms with Crippen LogP contribution in [0.2, 0.25) is 5.02 Å². The molecule has 1 heterocycles. The summed E-state index contributed by atoms with van der Waals surface area (Å²) in [4.78, 5) is 29.7. The zero-order valence-electron chi connectivity index (χ0n) is 9.54. The lowest BCUT2D eigenvalue weighted by atomic mass is 10.1. The molecule has 0 saturated carbocycles. The van der Waals surface area contributed by atoms with E-state index in [1.807, 2.05) is 0 Å². The lowest BCUT2D eigenvalue weighted by Gasteiger charge is -2.03. The van der Waals surface area contributed by atoms with Gasteiger partial charge in [0.1, 0.15) is 6.33 Å².